The van der Waals surface area contributed by atoms with Gasteiger partial charge in [0.25, 0.3) is 0 Å². The average molecular weight is 404 g/mol. The molecule has 7 heteroatoms. The summed E-state index contributed by atoms with van der Waals surface area (Å²) in [6.07, 6.45) is 3.66. The van der Waals surface area contributed by atoms with Crippen LogP contribution in [0.5, 0.6) is 0 Å². The molecule has 0 unspecified atom stereocenters. The fraction of sp³-hybridized carbons (Fsp3) is 0.636. The maximum Gasteiger partial charge on any atom is 0.320 e. The van der Waals surface area contributed by atoms with Crippen LogP contribution in [-0.2, 0) is 15.1 Å². The molecular formula is C22H33N3O4. The minimum Gasteiger partial charge on any atom is -0.481 e. The molecule has 2 aliphatic rings. The predicted molar refractivity (Wildman–Crippen MR) is 111 cm³/mol. The molecule has 2 amide bonds. The second kappa shape index (κ2) is 8.71. The van der Waals surface area contributed by atoms with Crippen molar-refractivity contribution in [2.75, 3.05) is 47.4 Å². The number of aliphatic carboxylic acids is 1. The average Bonchev–Trinajstić information content (AvgIpc) is 2.97. The zero-order valence-electron chi connectivity index (χ0n) is 17.8. The SMILES string of the molecule is COCCN1C(=O)N(CCC(=O)O)C[C@]12CC[C@@](c1ccccc1)(N(C)C)CC2. The van der Waals surface area contributed by atoms with Crippen molar-refractivity contribution in [3.63, 3.8) is 0 Å². The van der Waals surface area contributed by atoms with E-state index in [0.717, 1.165) is 25.7 Å². The number of benzene rings is 1. The molecule has 1 aromatic rings. The number of carboxylic acid groups (broad SMARTS) is 1. The molecule has 1 heterocycles. The summed E-state index contributed by atoms with van der Waals surface area (Å²) >= 11 is 0. The zero-order chi connectivity index (χ0) is 21.1. The van der Waals surface area contributed by atoms with Gasteiger partial charge in [0.05, 0.1) is 18.6 Å². The fourth-order valence-electron chi connectivity index (χ4n) is 5.10. The van der Waals surface area contributed by atoms with Gasteiger partial charge in [0.2, 0.25) is 0 Å². The Bertz CT molecular complexity index is 714. The molecule has 0 radical (unpaired) electrons. The third-order valence-electron chi connectivity index (χ3n) is 6.85. The number of carbonyl (C=O) groups is 2. The van der Waals surface area contributed by atoms with E-state index in [0.29, 0.717) is 19.7 Å². The number of methoxy groups -OCH3 is 1. The van der Waals surface area contributed by atoms with Crippen LogP contribution < -0.4 is 0 Å². The minimum absolute atomic E-state index is 0.0222. The third-order valence-corrected chi connectivity index (χ3v) is 6.85. The van der Waals surface area contributed by atoms with Gasteiger partial charge in [-0.25, -0.2) is 4.79 Å². The van der Waals surface area contributed by atoms with E-state index in [1.54, 1.807) is 12.0 Å². The first kappa shape index (κ1) is 21.6. The van der Waals surface area contributed by atoms with Crippen molar-refractivity contribution in [1.82, 2.24) is 14.7 Å². The highest BCUT2D eigenvalue weighted by molar-refractivity contribution is 5.79. The molecule has 0 aromatic heterocycles. The van der Waals surface area contributed by atoms with Gasteiger partial charge in [-0.15, -0.1) is 0 Å². The highest BCUT2D eigenvalue weighted by atomic mass is 16.5. The summed E-state index contributed by atoms with van der Waals surface area (Å²) in [7, 11) is 5.90. The van der Waals surface area contributed by atoms with Crippen LogP contribution in [0.1, 0.15) is 37.7 Å². The van der Waals surface area contributed by atoms with Gasteiger partial charge in [-0.1, -0.05) is 30.3 Å². The molecule has 1 aliphatic carbocycles. The molecule has 1 N–H and O–H groups in total. The van der Waals surface area contributed by atoms with E-state index in [1.165, 1.54) is 5.56 Å². The van der Waals surface area contributed by atoms with E-state index >= 15 is 0 Å². The van der Waals surface area contributed by atoms with E-state index in [1.807, 2.05) is 11.0 Å². The summed E-state index contributed by atoms with van der Waals surface area (Å²) in [5.74, 6) is -0.874. The normalized spacial score (nSPS) is 27.2. The lowest BCUT2D eigenvalue weighted by molar-refractivity contribution is -0.137. The van der Waals surface area contributed by atoms with Crippen molar-refractivity contribution in [3.8, 4) is 0 Å². The second-order valence-corrected chi connectivity index (χ2v) is 8.51. The van der Waals surface area contributed by atoms with Gasteiger partial charge in [-0.2, -0.15) is 0 Å². The molecule has 0 atom stereocenters. The van der Waals surface area contributed by atoms with Gasteiger partial charge in [-0.3, -0.25) is 9.69 Å². The smallest absolute Gasteiger partial charge is 0.320 e. The number of urea groups is 1. The van der Waals surface area contributed by atoms with Crippen LogP contribution >= 0.6 is 0 Å². The monoisotopic (exact) mass is 403 g/mol. The molecule has 0 bridgehead atoms. The van der Waals surface area contributed by atoms with E-state index in [-0.39, 0.29) is 30.1 Å². The predicted octanol–water partition coefficient (Wildman–Crippen LogP) is 2.62. The van der Waals surface area contributed by atoms with Crippen LogP contribution in [0, 0.1) is 0 Å². The van der Waals surface area contributed by atoms with Crippen LogP contribution in [0.25, 0.3) is 0 Å². The maximum atomic E-state index is 13.1. The Morgan fingerprint density at radius 2 is 1.79 bits per heavy atom. The number of hydrogen-bond donors (Lipinski definition) is 1. The molecule has 2 fully saturated rings. The number of ether oxygens (including phenoxy) is 1. The fourth-order valence-corrected chi connectivity index (χ4v) is 5.10. The van der Waals surface area contributed by atoms with E-state index in [4.69, 9.17) is 9.84 Å². The van der Waals surface area contributed by atoms with Crippen molar-refractivity contribution in [3.05, 3.63) is 35.9 Å². The Balaban J connectivity index is 1.83. The summed E-state index contributed by atoms with van der Waals surface area (Å²) in [6, 6.07) is 10.5. The van der Waals surface area contributed by atoms with Gasteiger partial charge in [0, 0.05) is 32.3 Å². The molecule has 1 saturated carbocycles. The van der Waals surface area contributed by atoms with Crippen molar-refractivity contribution in [2.24, 2.45) is 0 Å². The standard InChI is InChI=1S/C22H33N3O4/c1-23(2)22(18-7-5-4-6-8-18)12-10-21(11-13-22)17-24(14-9-19(26)27)20(28)25(21)15-16-29-3/h4-8H,9-17H2,1-3H3,(H,26,27)/t21-,22-. The highest BCUT2D eigenvalue weighted by Gasteiger charge is 2.54. The second-order valence-electron chi connectivity index (χ2n) is 8.51. The highest BCUT2D eigenvalue weighted by Crippen LogP contribution is 2.48. The molecule has 1 spiro atoms. The van der Waals surface area contributed by atoms with Gasteiger partial charge in [0.1, 0.15) is 0 Å². The summed E-state index contributed by atoms with van der Waals surface area (Å²) in [5.41, 5.74) is 1.02. The molecule has 160 valence electrons. The van der Waals surface area contributed by atoms with Crippen LogP contribution in [0.2, 0.25) is 0 Å². The van der Waals surface area contributed by atoms with Crippen molar-refractivity contribution in [1.29, 1.82) is 0 Å². The number of carboxylic acids is 1. The van der Waals surface area contributed by atoms with Gasteiger partial charge >= 0.3 is 12.0 Å². The van der Waals surface area contributed by atoms with E-state index in [9.17, 15) is 9.59 Å². The summed E-state index contributed by atoms with van der Waals surface area (Å²) in [4.78, 5) is 30.1. The van der Waals surface area contributed by atoms with Crippen LogP contribution in [-0.4, -0.2) is 84.8 Å². The minimum atomic E-state index is -0.874. The molecule has 3 rings (SSSR count). The zero-order valence-corrected chi connectivity index (χ0v) is 17.8. The van der Waals surface area contributed by atoms with Gasteiger partial charge in [0.15, 0.2) is 0 Å². The number of rotatable bonds is 8. The molecule has 1 aromatic carbocycles. The number of carbonyl (C=O) groups excluding carboxylic acids is 1. The lowest BCUT2D eigenvalue weighted by atomic mass is 9.68. The topological polar surface area (TPSA) is 73.3 Å². The van der Waals surface area contributed by atoms with Crippen molar-refractivity contribution in [2.45, 2.75) is 43.2 Å². The first-order chi connectivity index (χ1) is 13.8. The van der Waals surface area contributed by atoms with Crippen molar-refractivity contribution < 1.29 is 19.4 Å². The Labute approximate surface area is 173 Å². The van der Waals surface area contributed by atoms with Crippen LogP contribution in [0.15, 0.2) is 30.3 Å². The number of amides is 2. The van der Waals surface area contributed by atoms with Gasteiger partial charge < -0.3 is 19.6 Å². The molecular weight excluding hydrogens is 370 g/mol. The molecule has 7 nitrogen and oxygen atoms in total. The molecule has 29 heavy (non-hydrogen) atoms. The summed E-state index contributed by atoms with van der Waals surface area (Å²) in [5, 5.41) is 9.05. The quantitative estimate of drug-likeness (QED) is 0.722. The summed E-state index contributed by atoms with van der Waals surface area (Å²) < 4.78 is 5.25. The number of hydrogen-bond acceptors (Lipinski definition) is 4. The van der Waals surface area contributed by atoms with Crippen molar-refractivity contribution >= 4 is 12.0 Å². The van der Waals surface area contributed by atoms with Crippen LogP contribution in [0.3, 0.4) is 0 Å². The first-order valence-electron chi connectivity index (χ1n) is 10.3. The molecule has 1 saturated heterocycles. The maximum absolute atomic E-state index is 13.1. The lowest BCUT2D eigenvalue weighted by Gasteiger charge is -2.51. The van der Waals surface area contributed by atoms with Crippen LogP contribution in [0.4, 0.5) is 4.79 Å². The summed E-state index contributed by atoms with van der Waals surface area (Å²) in [6.45, 7) is 1.88. The van der Waals surface area contributed by atoms with Gasteiger partial charge in [-0.05, 0) is 45.3 Å². The third kappa shape index (κ3) is 4.12. The van der Waals surface area contributed by atoms with E-state index < -0.39 is 5.97 Å². The first-order valence-corrected chi connectivity index (χ1v) is 10.3. The molecule has 1 aliphatic heterocycles. The number of nitrogens with zero attached hydrogens (tertiary/aromatic N) is 3. The lowest BCUT2D eigenvalue weighted by Crippen LogP contribution is -2.56. The Kier molecular flexibility index (Phi) is 6.49. The Morgan fingerprint density at radius 1 is 1.14 bits per heavy atom. The Hall–Kier alpha value is -2.12. The Morgan fingerprint density at radius 3 is 2.34 bits per heavy atom. The van der Waals surface area contributed by atoms with E-state index in [2.05, 4.69) is 43.3 Å². The largest absolute Gasteiger partial charge is 0.481 e.